The van der Waals surface area contributed by atoms with Crippen molar-refractivity contribution in [3.63, 3.8) is 0 Å². The second-order valence-electron chi connectivity index (χ2n) is 7.46. The van der Waals surface area contributed by atoms with E-state index < -0.39 is 11.7 Å². The number of benzene rings is 1. The number of carbonyl (C=O) groups is 1. The second-order valence-corrected chi connectivity index (χ2v) is 7.46. The number of nitrogens with zero attached hydrogens (tertiary/aromatic N) is 1. The van der Waals surface area contributed by atoms with Crippen molar-refractivity contribution in [1.29, 1.82) is 0 Å². The van der Waals surface area contributed by atoms with Gasteiger partial charge in [0.15, 0.2) is 5.96 Å². The zero-order valence-corrected chi connectivity index (χ0v) is 18.3. The summed E-state index contributed by atoms with van der Waals surface area (Å²) >= 11 is 0. The third kappa shape index (κ3) is 12.7. The molecule has 0 aromatic heterocycles. The number of ether oxygens (including phenoxy) is 3. The van der Waals surface area contributed by atoms with E-state index in [0.717, 1.165) is 37.5 Å². The van der Waals surface area contributed by atoms with Crippen molar-refractivity contribution in [3.05, 3.63) is 29.8 Å². The van der Waals surface area contributed by atoms with Gasteiger partial charge in [-0.25, -0.2) is 4.79 Å². The van der Waals surface area contributed by atoms with E-state index in [-0.39, 0.29) is 0 Å². The Hall–Kier alpha value is -2.32. The van der Waals surface area contributed by atoms with Crippen molar-refractivity contribution in [3.8, 4) is 0 Å². The molecule has 0 aliphatic heterocycles. The molecule has 0 atom stereocenters. The number of aliphatic imine (C=N–C) groups is 1. The van der Waals surface area contributed by atoms with Crippen LogP contribution in [0.4, 0.5) is 10.5 Å². The van der Waals surface area contributed by atoms with Crippen LogP contribution in [0.15, 0.2) is 29.3 Å². The molecule has 1 rings (SSSR count). The Morgan fingerprint density at radius 1 is 1.03 bits per heavy atom. The van der Waals surface area contributed by atoms with Crippen LogP contribution in [-0.4, -0.2) is 64.7 Å². The Morgan fingerprint density at radius 3 is 2.34 bits per heavy atom. The van der Waals surface area contributed by atoms with Gasteiger partial charge in [-0.05, 0) is 51.3 Å². The highest BCUT2D eigenvalue weighted by Crippen LogP contribution is 2.13. The molecule has 1 aromatic rings. The van der Waals surface area contributed by atoms with Crippen LogP contribution in [0.1, 0.15) is 32.8 Å². The molecule has 8 nitrogen and oxygen atoms in total. The van der Waals surface area contributed by atoms with Crippen LogP contribution in [0.25, 0.3) is 0 Å². The third-order valence-corrected chi connectivity index (χ3v) is 3.72. The van der Waals surface area contributed by atoms with E-state index in [1.165, 1.54) is 0 Å². The molecule has 0 radical (unpaired) electrons. The standard InChI is InChI=1S/C21H36N4O4/c1-21(2,3)29-20(26)25-18-9-7-17(8-10-18)11-13-24-19(22-4)23-12-6-14-28-16-15-27-5/h7-10H,6,11-16H2,1-5H3,(H,25,26)(H2,22,23,24). The molecule has 0 spiro atoms. The maximum Gasteiger partial charge on any atom is 0.412 e. The molecule has 1 amide bonds. The molecule has 0 aliphatic rings. The second kappa shape index (κ2) is 13.8. The van der Waals surface area contributed by atoms with Crippen LogP contribution in [-0.2, 0) is 20.6 Å². The molecule has 0 saturated carbocycles. The Balaban J connectivity index is 2.24. The number of nitrogens with one attached hydrogen (secondary N) is 3. The molecule has 164 valence electrons. The maximum absolute atomic E-state index is 11.8. The topological polar surface area (TPSA) is 93.2 Å². The van der Waals surface area contributed by atoms with Crippen molar-refractivity contribution in [2.75, 3.05) is 52.4 Å². The van der Waals surface area contributed by atoms with Crippen molar-refractivity contribution >= 4 is 17.7 Å². The lowest BCUT2D eigenvalue weighted by atomic mass is 10.1. The summed E-state index contributed by atoms with van der Waals surface area (Å²) in [6.07, 6.45) is 1.29. The number of amides is 1. The molecule has 0 heterocycles. The average molecular weight is 409 g/mol. The van der Waals surface area contributed by atoms with Gasteiger partial charge in [-0.2, -0.15) is 0 Å². The lowest BCUT2D eigenvalue weighted by Gasteiger charge is -2.19. The first-order valence-electron chi connectivity index (χ1n) is 9.94. The van der Waals surface area contributed by atoms with Crippen LogP contribution in [0.2, 0.25) is 0 Å². The zero-order valence-electron chi connectivity index (χ0n) is 18.3. The molecule has 1 aromatic carbocycles. The molecule has 3 N–H and O–H groups in total. The maximum atomic E-state index is 11.8. The summed E-state index contributed by atoms with van der Waals surface area (Å²) < 4.78 is 15.6. The minimum Gasteiger partial charge on any atom is -0.444 e. The lowest BCUT2D eigenvalue weighted by molar-refractivity contribution is 0.0636. The molecule has 0 fully saturated rings. The summed E-state index contributed by atoms with van der Waals surface area (Å²) in [4.78, 5) is 16.0. The number of carbonyl (C=O) groups excluding carboxylic acids is 1. The van der Waals surface area contributed by atoms with E-state index >= 15 is 0 Å². The van der Waals surface area contributed by atoms with Crippen molar-refractivity contribution in [2.24, 2.45) is 4.99 Å². The first kappa shape index (κ1) is 24.7. The van der Waals surface area contributed by atoms with E-state index in [1.807, 2.05) is 45.0 Å². The first-order chi connectivity index (χ1) is 13.8. The molecule has 0 aliphatic carbocycles. The van der Waals surface area contributed by atoms with Gasteiger partial charge < -0.3 is 24.8 Å². The van der Waals surface area contributed by atoms with Crippen LogP contribution in [0, 0.1) is 0 Å². The number of hydrogen-bond acceptors (Lipinski definition) is 5. The van der Waals surface area contributed by atoms with Gasteiger partial charge in [-0.15, -0.1) is 0 Å². The van der Waals surface area contributed by atoms with Crippen LogP contribution < -0.4 is 16.0 Å². The van der Waals surface area contributed by atoms with Gasteiger partial charge in [0, 0.05) is 39.5 Å². The van der Waals surface area contributed by atoms with Gasteiger partial charge in [-0.1, -0.05) is 12.1 Å². The highest BCUT2D eigenvalue weighted by molar-refractivity contribution is 5.84. The summed E-state index contributed by atoms with van der Waals surface area (Å²) in [6.45, 7) is 8.98. The molecular weight excluding hydrogens is 372 g/mol. The summed E-state index contributed by atoms with van der Waals surface area (Å²) in [6, 6.07) is 7.72. The number of hydrogen-bond donors (Lipinski definition) is 3. The summed E-state index contributed by atoms with van der Waals surface area (Å²) in [5, 5.41) is 9.28. The smallest absolute Gasteiger partial charge is 0.412 e. The fraction of sp³-hybridized carbons (Fsp3) is 0.619. The van der Waals surface area contributed by atoms with E-state index in [4.69, 9.17) is 14.2 Å². The predicted octanol–water partition coefficient (Wildman–Crippen LogP) is 2.79. The summed E-state index contributed by atoms with van der Waals surface area (Å²) in [7, 11) is 3.41. The SMILES string of the molecule is CN=C(NCCCOCCOC)NCCc1ccc(NC(=O)OC(C)(C)C)cc1. The molecule has 0 saturated heterocycles. The van der Waals surface area contributed by atoms with E-state index in [9.17, 15) is 4.79 Å². The molecule has 8 heteroatoms. The largest absolute Gasteiger partial charge is 0.444 e. The third-order valence-electron chi connectivity index (χ3n) is 3.72. The monoisotopic (exact) mass is 408 g/mol. The Morgan fingerprint density at radius 2 is 1.72 bits per heavy atom. The Bertz CT molecular complexity index is 612. The Kier molecular flexibility index (Phi) is 11.8. The summed E-state index contributed by atoms with van der Waals surface area (Å²) in [5.41, 5.74) is 1.36. The minimum absolute atomic E-state index is 0.453. The highest BCUT2D eigenvalue weighted by Gasteiger charge is 2.16. The first-order valence-corrected chi connectivity index (χ1v) is 9.94. The Labute approximate surface area is 174 Å². The molecule has 29 heavy (non-hydrogen) atoms. The highest BCUT2D eigenvalue weighted by atomic mass is 16.6. The van der Waals surface area contributed by atoms with Crippen LogP contribution >= 0.6 is 0 Å². The van der Waals surface area contributed by atoms with Crippen LogP contribution in [0.3, 0.4) is 0 Å². The number of rotatable bonds is 11. The van der Waals surface area contributed by atoms with Gasteiger partial charge in [0.2, 0.25) is 0 Å². The van der Waals surface area contributed by atoms with E-state index in [0.29, 0.717) is 25.5 Å². The molecular formula is C21H36N4O4. The normalized spacial score (nSPS) is 11.8. The summed E-state index contributed by atoms with van der Waals surface area (Å²) in [5.74, 6) is 0.769. The van der Waals surface area contributed by atoms with Crippen molar-refractivity contribution in [1.82, 2.24) is 10.6 Å². The van der Waals surface area contributed by atoms with Crippen molar-refractivity contribution in [2.45, 2.75) is 39.2 Å². The quantitative estimate of drug-likeness (QED) is 0.296. The zero-order chi connectivity index (χ0) is 21.5. The molecule has 0 unspecified atom stereocenters. The minimum atomic E-state index is -0.515. The predicted molar refractivity (Wildman–Crippen MR) is 117 cm³/mol. The van der Waals surface area contributed by atoms with Gasteiger partial charge in [0.05, 0.1) is 13.2 Å². The van der Waals surface area contributed by atoms with E-state index in [2.05, 4.69) is 20.9 Å². The van der Waals surface area contributed by atoms with E-state index in [1.54, 1.807) is 14.2 Å². The van der Waals surface area contributed by atoms with Gasteiger partial charge in [0.25, 0.3) is 0 Å². The fourth-order valence-electron chi connectivity index (χ4n) is 2.35. The number of guanidine groups is 1. The van der Waals surface area contributed by atoms with Gasteiger partial charge in [0.1, 0.15) is 5.60 Å². The number of methoxy groups -OCH3 is 1. The van der Waals surface area contributed by atoms with Gasteiger partial charge >= 0.3 is 6.09 Å². The lowest BCUT2D eigenvalue weighted by Crippen LogP contribution is -2.39. The average Bonchev–Trinajstić information content (AvgIpc) is 2.65. The van der Waals surface area contributed by atoms with Crippen LogP contribution in [0.5, 0.6) is 0 Å². The molecule has 0 bridgehead atoms. The number of anilines is 1. The van der Waals surface area contributed by atoms with Gasteiger partial charge in [-0.3, -0.25) is 10.3 Å². The fourth-order valence-corrected chi connectivity index (χ4v) is 2.35. The van der Waals surface area contributed by atoms with Crippen molar-refractivity contribution < 1.29 is 19.0 Å².